The summed E-state index contributed by atoms with van der Waals surface area (Å²) in [6.45, 7) is 9.18. The Morgan fingerprint density at radius 2 is 1.81 bits per heavy atom. The van der Waals surface area contributed by atoms with Gasteiger partial charge < -0.3 is 44.0 Å². The number of aliphatic hydroxyl groups excluding tert-OH is 2. The zero-order valence-corrected chi connectivity index (χ0v) is 27.0. The summed E-state index contributed by atoms with van der Waals surface area (Å²) >= 11 is 0. The fourth-order valence-corrected chi connectivity index (χ4v) is 6.00. The highest BCUT2D eigenvalue weighted by atomic mass is 16.7. The molecule has 1 aromatic heterocycles. The number of benzene rings is 3. The van der Waals surface area contributed by atoms with Crippen LogP contribution in [0.3, 0.4) is 0 Å². The third-order valence-electron chi connectivity index (χ3n) is 8.32. The summed E-state index contributed by atoms with van der Waals surface area (Å²) in [4.78, 5) is 26.4. The first-order chi connectivity index (χ1) is 22.2. The highest BCUT2D eigenvalue weighted by Gasteiger charge is 2.52. The highest BCUT2D eigenvalue weighted by Crippen LogP contribution is 2.39. The van der Waals surface area contributed by atoms with E-state index < -0.39 is 59.6 Å². The zero-order valence-electron chi connectivity index (χ0n) is 27.0. The molecule has 1 amide bonds. The van der Waals surface area contributed by atoms with Crippen molar-refractivity contribution in [3.8, 4) is 22.6 Å². The number of carbonyl (C=O) groups is 1. The second kappa shape index (κ2) is 13.4. The number of nitrogens with two attached hydrogens (primary N) is 1. The molecular weight excluding hydrogens is 608 g/mol. The predicted molar refractivity (Wildman–Crippen MR) is 174 cm³/mol. The van der Waals surface area contributed by atoms with Crippen LogP contribution in [-0.4, -0.2) is 65.0 Å². The first kappa shape index (κ1) is 34.0. The number of ether oxygens (including phenoxy) is 4. The lowest BCUT2D eigenvalue weighted by Gasteiger charge is -2.48. The number of fused-ring (bicyclic) bond motifs is 1. The SMILES string of the molecule is CO[C@@H]1[C@@H](OC(N)O)[C@@H](O)[C@H](Oc2ccc3c(O)c(NC(=O)c4cccc(-c5ccccc5C(C)C)c4)c(=O)oc3c2C)OC1(C)C. The number of carbonyl (C=O) groups excluding carboxylic acids is 1. The van der Waals surface area contributed by atoms with E-state index in [1.165, 1.54) is 19.2 Å². The van der Waals surface area contributed by atoms with E-state index in [-0.39, 0.29) is 28.2 Å². The Kier molecular flexibility index (Phi) is 9.73. The number of methoxy groups -OCH3 is 1. The van der Waals surface area contributed by atoms with E-state index in [0.29, 0.717) is 5.56 Å². The van der Waals surface area contributed by atoms with Gasteiger partial charge in [0.1, 0.15) is 29.6 Å². The number of amides is 1. The molecule has 0 saturated carbocycles. The summed E-state index contributed by atoms with van der Waals surface area (Å²) < 4.78 is 28.4. The summed E-state index contributed by atoms with van der Waals surface area (Å²) in [5.74, 6) is -0.655. The summed E-state index contributed by atoms with van der Waals surface area (Å²) in [6.07, 6.45) is -6.37. The summed E-state index contributed by atoms with van der Waals surface area (Å²) in [5.41, 5.74) is 6.54. The summed E-state index contributed by atoms with van der Waals surface area (Å²) in [7, 11) is 1.41. The van der Waals surface area contributed by atoms with Gasteiger partial charge >= 0.3 is 5.63 Å². The standard InChI is InChI=1S/C35H40N2O10/c1-17(2)21-12-7-8-13-22(21)19-10-9-11-20(16-19)31(40)37-25-26(38)23-14-15-24(18(3)28(23)45-32(25)41)44-33-27(39)29(46-34(36)42)30(43-6)35(4,5)47-33/h7-17,27,29-30,33-34,38-39,42H,36H2,1-6H3,(H,37,40)/t27-,29+,30-,33-,34?/m1/s1. The molecule has 5 rings (SSSR count). The van der Waals surface area contributed by atoms with Gasteiger partial charge in [0.15, 0.2) is 11.4 Å². The van der Waals surface area contributed by atoms with Crippen LogP contribution in [0.4, 0.5) is 5.69 Å². The maximum absolute atomic E-state index is 13.3. The number of rotatable bonds is 9. The molecule has 1 fully saturated rings. The van der Waals surface area contributed by atoms with Gasteiger partial charge in [0.25, 0.3) is 5.91 Å². The van der Waals surface area contributed by atoms with E-state index >= 15 is 0 Å². The van der Waals surface area contributed by atoms with Gasteiger partial charge in [0.2, 0.25) is 12.7 Å². The van der Waals surface area contributed by atoms with Crippen LogP contribution in [0.25, 0.3) is 22.1 Å². The van der Waals surface area contributed by atoms with E-state index in [1.54, 1.807) is 39.0 Å². The van der Waals surface area contributed by atoms with Crippen LogP contribution < -0.4 is 21.4 Å². The molecule has 0 spiro atoms. The lowest BCUT2D eigenvalue weighted by molar-refractivity contribution is -0.329. The Bertz CT molecular complexity index is 1830. The van der Waals surface area contributed by atoms with Gasteiger partial charge in [0.05, 0.1) is 11.0 Å². The molecule has 0 radical (unpaired) electrons. The molecule has 1 aliphatic heterocycles. The van der Waals surface area contributed by atoms with Crippen LogP contribution >= 0.6 is 0 Å². The van der Waals surface area contributed by atoms with Crippen LogP contribution in [-0.2, 0) is 14.2 Å². The maximum atomic E-state index is 13.3. The number of aryl methyl sites for hydroxylation is 1. The number of aliphatic hydroxyl groups is 2. The topological polar surface area (TPSA) is 183 Å². The molecule has 3 aromatic carbocycles. The minimum Gasteiger partial charge on any atom is -0.505 e. The van der Waals surface area contributed by atoms with E-state index in [1.807, 2.05) is 30.3 Å². The number of hydrogen-bond acceptors (Lipinski definition) is 11. The molecule has 2 heterocycles. The van der Waals surface area contributed by atoms with Crippen LogP contribution in [0, 0.1) is 6.92 Å². The van der Waals surface area contributed by atoms with Gasteiger partial charge in [0, 0.05) is 18.2 Å². The van der Waals surface area contributed by atoms with Crippen molar-refractivity contribution in [3.63, 3.8) is 0 Å². The fraction of sp³-hybridized carbons (Fsp3) is 0.371. The van der Waals surface area contributed by atoms with E-state index in [0.717, 1.165) is 16.7 Å². The number of hydrogen-bond donors (Lipinski definition) is 5. The molecular formula is C35H40N2O10. The Morgan fingerprint density at radius 1 is 1.09 bits per heavy atom. The molecule has 12 nitrogen and oxygen atoms in total. The Morgan fingerprint density at radius 3 is 2.49 bits per heavy atom. The Labute approximate surface area is 271 Å². The summed E-state index contributed by atoms with van der Waals surface area (Å²) in [5, 5.41) is 34.4. The van der Waals surface area contributed by atoms with E-state index in [4.69, 9.17) is 29.1 Å². The molecule has 1 saturated heterocycles. The van der Waals surface area contributed by atoms with E-state index in [2.05, 4.69) is 19.2 Å². The second-order valence-corrected chi connectivity index (χ2v) is 12.3. The van der Waals surface area contributed by atoms with Crippen molar-refractivity contribution in [2.24, 2.45) is 5.73 Å². The number of anilines is 1. The van der Waals surface area contributed by atoms with Crippen molar-refractivity contribution in [2.45, 2.75) is 77.2 Å². The average Bonchev–Trinajstić information content (AvgIpc) is 3.02. The number of aromatic hydroxyl groups is 1. The van der Waals surface area contributed by atoms with Gasteiger partial charge in [-0.25, -0.2) is 4.79 Å². The molecule has 6 N–H and O–H groups in total. The third kappa shape index (κ3) is 6.75. The quantitative estimate of drug-likeness (QED) is 0.128. The number of nitrogens with one attached hydrogen (secondary N) is 1. The average molecular weight is 649 g/mol. The molecule has 0 aliphatic carbocycles. The van der Waals surface area contributed by atoms with Crippen molar-refractivity contribution in [1.29, 1.82) is 0 Å². The molecule has 250 valence electrons. The smallest absolute Gasteiger partial charge is 0.364 e. The molecule has 0 bridgehead atoms. The zero-order chi connectivity index (χ0) is 34.2. The predicted octanol–water partition coefficient (Wildman–Crippen LogP) is 4.36. The van der Waals surface area contributed by atoms with E-state index in [9.17, 15) is 24.9 Å². The van der Waals surface area contributed by atoms with Crippen LogP contribution in [0.15, 0.2) is 69.9 Å². The van der Waals surface area contributed by atoms with Crippen molar-refractivity contribution in [2.75, 3.05) is 12.4 Å². The summed E-state index contributed by atoms with van der Waals surface area (Å²) in [6, 6.07) is 17.9. The molecule has 47 heavy (non-hydrogen) atoms. The first-order valence-electron chi connectivity index (χ1n) is 15.2. The third-order valence-corrected chi connectivity index (χ3v) is 8.32. The maximum Gasteiger partial charge on any atom is 0.364 e. The van der Waals surface area contributed by atoms with Crippen molar-refractivity contribution < 1.29 is 43.5 Å². The van der Waals surface area contributed by atoms with Gasteiger partial charge in [-0.05, 0) is 67.6 Å². The van der Waals surface area contributed by atoms with Crippen LogP contribution in [0.2, 0.25) is 0 Å². The fourth-order valence-electron chi connectivity index (χ4n) is 6.00. The van der Waals surface area contributed by atoms with Gasteiger partial charge in [-0.15, -0.1) is 0 Å². The first-order valence-corrected chi connectivity index (χ1v) is 15.2. The Hall–Kier alpha value is -4.30. The molecule has 1 unspecified atom stereocenters. The monoisotopic (exact) mass is 648 g/mol. The van der Waals surface area contributed by atoms with Crippen LogP contribution in [0.1, 0.15) is 55.1 Å². The molecule has 5 atom stereocenters. The highest BCUT2D eigenvalue weighted by molar-refractivity contribution is 6.07. The minimum absolute atomic E-state index is 0.000188. The second-order valence-electron chi connectivity index (χ2n) is 12.3. The van der Waals surface area contributed by atoms with Gasteiger partial charge in [-0.1, -0.05) is 50.2 Å². The lowest BCUT2D eigenvalue weighted by Crippen LogP contribution is -2.65. The normalized spacial score (nSPS) is 21.5. The largest absolute Gasteiger partial charge is 0.505 e. The minimum atomic E-state index is -1.69. The lowest BCUT2D eigenvalue weighted by atomic mass is 9.89. The Balaban J connectivity index is 1.42. The van der Waals surface area contributed by atoms with Crippen molar-refractivity contribution in [1.82, 2.24) is 0 Å². The van der Waals surface area contributed by atoms with Gasteiger partial charge in [-0.2, -0.15) is 0 Å². The molecule has 12 heteroatoms. The molecule has 1 aliphatic rings. The van der Waals surface area contributed by atoms with Gasteiger partial charge in [-0.3, -0.25) is 10.5 Å². The van der Waals surface area contributed by atoms with Crippen LogP contribution in [0.5, 0.6) is 11.5 Å². The van der Waals surface area contributed by atoms with Crippen molar-refractivity contribution >= 4 is 22.6 Å². The molecule has 4 aromatic rings. The van der Waals surface area contributed by atoms with Crippen molar-refractivity contribution in [3.05, 3.63) is 87.8 Å².